The molecular formula is C40H78O2. The number of carbonyl (C=O) groups is 1. The molecule has 0 heterocycles. The quantitative estimate of drug-likeness (QED) is 0.0417. The Balaban J connectivity index is 3.18. The topological polar surface area (TPSA) is 26.3 Å². The average Bonchev–Trinajstić information content (AvgIpc) is 2.98. The van der Waals surface area contributed by atoms with Crippen LogP contribution < -0.4 is 0 Å². The number of esters is 1. The second-order valence-electron chi connectivity index (χ2n) is 13.7. The van der Waals surface area contributed by atoms with Crippen LogP contribution in [0.15, 0.2) is 12.2 Å². The first-order valence-corrected chi connectivity index (χ1v) is 19.5. The maximum absolute atomic E-state index is 12.0. The standard InChI is InChI=1S/C40H78O2/c1-4-5-6-7-8-9-10-11-12-13-14-15-16-19-22-25-28-31-34-37-40(41)42-38-35-32-29-26-23-20-17-18-21-24-27-30-33-36-39(2)3/h11-12,39H,4-10,13-38H2,1-3H3. The summed E-state index contributed by atoms with van der Waals surface area (Å²) in [4.78, 5) is 12.0. The summed E-state index contributed by atoms with van der Waals surface area (Å²) in [5.74, 6) is 0.896. The molecule has 0 bridgehead atoms. The molecule has 0 aliphatic rings. The van der Waals surface area contributed by atoms with Gasteiger partial charge in [-0.2, -0.15) is 0 Å². The molecule has 0 radical (unpaired) electrons. The molecule has 0 saturated carbocycles. The smallest absolute Gasteiger partial charge is 0.305 e. The summed E-state index contributed by atoms with van der Waals surface area (Å²) in [5.41, 5.74) is 0. The summed E-state index contributed by atoms with van der Waals surface area (Å²) in [6, 6.07) is 0. The fourth-order valence-electron chi connectivity index (χ4n) is 5.90. The van der Waals surface area contributed by atoms with Crippen LogP contribution in [0.25, 0.3) is 0 Å². The Morgan fingerprint density at radius 3 is 1.26 bits per heavy atom. The van der Waals surface area contributed by atoms with Gasteiger partial charge in [-0.15, -0.1) is 0 Å². The number of hydrogen-bond acceptors (Lipinski definition) is 2. The average molecular weight is 591 g/mol. The Hall–Kier alpha value is -0.790. The number of ether oxygens (including phenoxy) is 1. The van der Waals surface area contributed by atoms with Gasteiger partial charge in [0.05, 0.1) is 6.61 Å². The van der Waals surface area contributed by atoms with Gasteiger partial charge < -0.3 is 4.74 Å². The molecule has 250 valence electrons. The molecule has 0 N–H and O–H groups in total. The van der Waals surface area contributed by atoms with Crippen LogP contribution in [0.1, 0.15) is 226 Å². The van der Waals surface area contributed by atoms with Gasteiger partial charge in [-0.3, -0.25) is 4.79 Å². The molecular weight excluding hydrogens is 512 g/mol. The highest BCUT2D eigenvalue weighted by atomic mass is 16.5. The SMILES string of the molecule is CCCCCCCCC=CCCCCCCCCCCCC(=O)OCCCCCCCCCCCCCCCC(C)C. The van der Waals surface area contributed by atoms with Gasteiger partial charge in [0.25, 0.3) is 0 Å². The lowest BCUT2D eigenvalue weighted by Gasteiger charge is -2.06. The van der Waals surface area contributed by atoms with Crippen LogP contribution in [-0.4, -0.2) is 12.6 Å². The maximum atomic E-state index is 12.0. The minimum absolute atomic E-state index is 0.0240. The van der Waals surface area contributed by atoms with Gasteiger partial charge in [-0.05, 0) is 44.4 Å². The van der Waals surface area contributed by atoms with E-state index in [1.807, 2.05) is 0 Å². The van der Waals surface area contributed by atoms with E-state index >= 15 is 0 Å². The summed E-state index contributed by atoms with van der Waals surface area (Å²) in [6.45, 7) is 7.58. The van der Waals surface area contributed by atoms with Gasteiger partial charge in [-0.1, -0.05) is 193 Å². The Morgan fingerprint density at radius 2 is 0.833 bits per heavy atom. The van der Waals surface area contributed by atoms with Gasteiger partial charge >= 0.3 is 5.97 Å². The monoisotopic (exact) mass is 591 g/mol. The van der Waals surface area contributed by atoms with Crippen molar-refractivity contribution in [2.24, 2.45) is 5.92 Å². The van der Waals surface area contributed by atoms with Crippen LogP contribution in [-0.2, 0) is 9.53 Å². The molecule has 0 atom stereocenters. The van der Waals surface area contributed by atoms with Crippen LogP contribution >= 0.6 is 0 Å². The molecule has 0 aliphatic carbocycles. The van der Waals surface area contributed by atoms with E-state index < -0.39 is 0 Å². The van der Waals surface area contributed by atoms with E-state index in [2.05, 4.69) is 32.9 Å². The molecule has 0 unspecified atom stereocenters. The van der Waals surface area contributed by atoms with Crippen LogP contribution in [0.2, 0.25) is 0 Å². The molecule has 0 aromatic rings. The van der Waals surface area contributed by atoms with Crippen molar-refractivity contribution in [2.75, 3.05) is 6.61 Å². The molecule has 2 heteroatoms. The van der Waals surface area contributed by atoms with Crippen molar-refractivity contribution in [3.05, 3.63) is 12.2 Å². The zero-order valence-electron chi connectivity index (χ0n) is 29.4. The van der Waals surface area contributed by atoms with Gasteiger partial charge in [0.15, 0.2) is 0 Å². The Bertz CT molecular complexity index is 538. The van der Waals surface area contributed by atoms with Crippen molar-refractivity contribution in [3.8, 4) is 0 Å². The first-order chi connectivity index (χ1) is 20.7. The normalized spacial score (nSPS) is 11.7. The lowest BCUT2D eigenvalue weighted by molar-refractivity contribution is -0.143. The molecule has 2 nitrogen and oxygen atoms in total. The highest BCUT2D eigenvalue weighted by molar-refractivity contribution is 5.69. The third kappa shape index (κ3) is 37.2. The largest absolute Gasteiger partial charge is 0.466 e. The maximum Gasteiger partial charge on any atom is 0.305 e. The number of rotatable bonds is 35. The van der Waals surface area contributed by atoms with Gasteiger partial charge in [0.1, 0.15) is 0 Å². The van der Waals surface area contributed by atoms with Crippen LogP contribution in [0.4, 0.5) is 0 Å². The van der Waals surface area contributed by atoms with Crippen molar-refractivity contribution in [1.29, 1.82) is 0 Å². The molecule has 0 saturated heterocycles. The zero-order valence-corrected chi connectivity index (χ0v) is 29.4. The van der Waals surface area contributed by atoms with Gasteiger partial charge in [-0.25, -0.2) is 0 Å². The third-order valence-corrected chi connectivity index (χ3v) is 8.83. The molecule has 0 aromatic carbocycles. The van der Waals surface area contributed by atoms with E-state index in [9.17, 15) is 4.79 Å². The summed E-state index contributed by atoms with van der Waals surface area (Å²) >= 11 is 0. The fraction of sp³-hybridized carbons (Fsp3) is 0.925. The van der Waals surface area contributed by atoms with Crippen LogP contribution in [0.5, 0.6) is 0 Å². The van der Waals surface area contributed by atoms with E-state index in [1.54, 1.807) is 0 Å². The first kappa shape index (κ1) is 41.2. The lowest BCUT2D eigenvalue weighted by atomic mass is 10.0. The predicted octanol–water partition coefficient (Wildman–Crippen LogP) is 14.2. The highest BCUT2D eigenvalue weighted by Gasteiger charge is 2.03. The minimum Gasteiger partial charge on any atom is -0.466 e. The fourth-order valence-corrected chi connectivity index (χ4v) is 5.90. The number of unbranched alkanes of at least 4 members (excludes halogenated alkanes) is 27. The lowest BCUT2D eigenvalue weighted by Crippen LogP contribution is -2.05. The van der Waals surface area contributed by atoms with E-state index in [4.69, 9.17) is 4.74 Å². The van der Waals surface area contributed by atoms with Crippen LogP contribution in [0.3, 0.4) is 0 Å². The summed E-state index contributed by atoms with van der Waals surface area (Å²) in [7, 11) is 0. The second kappa shape index (κ2) is 36.4. The molecule has 0 spiro atoms. The first-order valence-electron chi connectivity index (χ1n) is 19.5. The predicted molar refractivity (Wildman–Crippen MR) is 188 cm³/mol. The molecule has 42 heavy (non-hydrogen) atoms. The third-order valence-electron chi connectivity index (χ3n) is 8.83. The van der Waals surface area contributed by atoms with E-state index in [-0.39, 0.29) is 5.97 Å². The second-order valence-corrected chi connectivity index (χ2v) is 13.7. The Labute approximate surface area is 266 Å². The molecule has 0 fully saturated rings. The van der Waals surface area contributed by atoms with E-state index in [0.717, 1.165) is 18.8 Å². The highest BCUT2D eigenvalue weighted by Crippen LogP contribution is 2.15. The molecule has 0 amide bonds. The van der Waals surface area contributed by atoms with Crippen molar-refractivity contribution in [2.45, 2.75) is 226 Å². The van der Waals surface area contributed by atoms with Gasteiger partial charge in [0, 0.05) is 6.42 Å². The van der Waals surface area contributed by atoms with E-state index in [1.165, 1.54) is 186 Å². The molecule has 0 aliphatic heterocycles. The van der Waals surface area contributed by atoms with Crippen LogP contribution in [0, 0.1) is 5.92 Å². The Kier molecular flexibility index (Phi) is 35.7. The van der Waals surface area contributed by atoms with Crippen molar-refractivity contribution >= 4 is 5.97 Å². The van der Waals surface area contributed by atoms with Crippen molar-refractivity contribution in [1.82, 2.24) is 0 Å². The Morgan fingerprint density at radius 1 is 0.476 bits per heavy atom. The summed E-state index contributed by atoms with van der Waals surface area (Å²) < 4.78 is 5.45. The summed E-state index contributed by atoms with van der Waals surface area (Å²) in [5, 5.41) is 0. The molecule has 0 rings (SSSR count). The number of allylic oxidation sites excluding steroid dienone is 2. The minimum atomic E-state index is 0.0240. The molecule has 0 aromatic heterocycles. The van der Waals surface area contributed by atoms with Crippen molar-refractivity contribution in [3.63, 3.8) is 0 Å². The number of hydrogen-bond donors (Lipinski definition) is 0. The number of carbonyl (C=O) groups excluding carboxylic acids is 1. The van der Waals surface area contributed by atoms with Crippen molar-refractivity contribution < 1.29 is 9.53 Å². The zero-order chi connectivity index (χ0) is 30.6. The summed E-state index contributed by atoms with van der Waals surface area (Å²) in [6.07, 6.45) is 47.1. The van der Waals surface area contributed by atoms with Gasteiger partial charge in [0.2, 0.25) is 0 Å². The van der Waals surface area contributed by atoms with E-state index in [0.29, 0.717) is 13.0 Å².